The predicted octanol–water partition coefficient (Wildman–Crippen LogP) is 2.19. The zero-order valence-electron chi connectivity index (χ0n) is 11.6. The molecule has 1 atom stereocenters. The smallest absolute Gasteiger partial charge is 0.226 e. The maximum Gasteiger partial charge on any atom is 0.226 e. The van der Waals surface area contributed by atoms with E-state index >= 15 is 0 Å². The number of hydrogen-bond acceptors (Lipinski definition) is 5. The van der Waals surface area contributed by atoms with Crippen molar-refractivity contribution in [3.05, 3.63) is 12.3 Å². The fourth-order valence-electron chi connectivity index (χ4n) is 2.59. The Morgan fingerprint density at radius 2 is 2.26 bits per heavy atom. The standard InChI is InChI=1S/C14H24N4O/c1-2-9-19-13-7-8-16-14(18-13)17-12(10-15)11-5-3-4-6-11/h7-8,11-12H,2-6,9-10,15H2,1H3,(H,16,17,18). The molecule has 1 unspecified atom stereocenters. The highest BCUT2D eigenvalue weighted by Gasteiger charge is 2.24. The van der Waals surface area contributed by atoms with Gasteiger partial charge in [0.15, 0.2) is 0 Å². The van der Waals surface area contributed by atoms with E-state index in [4.69, 9.17) is 10.5 Å². The van der Waals surface area contributed by atoms with E-state index in [1.54, 1.807) is 12.3 Å². The number of nitrogens with one attached hydrogen (secondary N) is 1. The van der Waals surface area contributed by atoms with Gasteiger partial charge in [-0.1, -0.05) is 19.8 Å². The van der Waals surface area contributed by atoms with Gasteiger partial charge in [0.05, 0.1) is 6.61 Å². The summed E-state index contributed by atoms with van der Waals surface area (Å²) in [7, 11) is 0. The number of aromatic nitrogens is 2. The first-order valence-electron chi connectivity index (χ1n) is 7.26. The second-order valence-corrected chi connectivity index (χ2v) is 5.10. The number of ether oxygens (including phenoxy) is 1. The molecule has 0 aromatic carbocycles. The molecule has 1 aliphatic carbocycles. The van der Waals surface area contributed by atoms with Gasteiger partial charge in [0.25, 0.3) is 0 Å². The summed E-state index contributed by atoms with van der Waals surface area (Å²) in [5.74, 6) is 1.89. The van der Waals surface area contributed by atoms with E-state index in [0.29, 0.717) is 30.9 Å². The van der Waals surface area contributed by atoms with Gasteiger partial charge in [0.1, 0.15) is 0 Å². The van der Waals surface area contributed by atoms with Crippen molar-refractivity contribution in [1.82, 2.24) is 9.97 Å². The van der Waals surface area contributed by atoms with Crippen LogP contribution in [0.1, 0.15) is 39.0 Å². The first-order valence-corrected chi connectivity index (χ1v) is 7.26. The van der Waals surface area contributed by atoms with Crippen LogP contribution in [-0.4, -0.2) is 29.2 Å². The van der Waals surface area contributed by atoms with Gasteiger partial charge in [-0.25, -0.2) is 4.98 Å². The van der Waals surface area contributed by atoms with Gasteiger partial charge in [0, 0.05) is 24.8 Å². The van der Waals surface area contributed by atoms with Crippen molar-refractivity contribution in [3.63, 3.8) is 0 Å². The van der Waals surface area contributed by atoms with Crippen molar-refractivity contribution in [2.75, 3.05) is 18.5 Å². The van der Waals surface area contributed by atoms with E-state index < -0.39 is 0 Å². The summed E-state index contributed by atoms with van der Waals surface area (Å²) in [5.41, 5.74) is 5.87. The summed E-state index contributed by atoms with van der Waals surface area (Å²) in [6, 6.07) is 2.05. The molecule has 3 N–H and O–H groups in total. The van der Waals surface area contributed by atoms with Gasteiger partial charge in [-0.2, -0.15) is 4.98 Å². The van der Waals surface area contributed by atoms with E-state index in [9.17, 15) is 0 Å². The van der Waals surface area contributed by atoms with E-state index in [1.807, 2.05) is 0 Å². The Kier molecular flexibility index (Phi) is 5.39. The van der Waals surface area contributed by atoms with Gasteiger partial charge < -0.3 is 15.8 Å². The molecule has 2 rings (SSSR count). The number of rotatable bonds is 7. The van der Waals surface area contributed by atoms with Crippen LogP contribution in [0, 0.1) is 5.92 Å². The topological polar surface area (TPSA) is 73.1 Å². The lowest BCUT2D eigenvalue weighted by Gasteiger charge is -2.23. The molecule has 1 aromatic rings. The van der Waals surface area contributed by atoms with Gasteiger partial charge in [-0.3, -0.25) is 0 Å². The Hall–Kier alpha value is -1.36. The van der Waals surface area contributed by atoms with Crippen molar-refractivity contribution in [3.8, 4) is 5.88 Å². The SMILES string of the molecule is CCCOc1ccnc(NC(CN)C2CCCC2)n1. The average molecular weight is 264 g/mol. The van der Waals surface area contributed by atoms with E-state index in [-0.39, 0.29) is 6.04 Å². The van der Waals surface area contributed by atoms with E-state index in [0.717, 1.165) is 6.42 Å². The molecule has 0 bridgehead atoms. The highest BCUT2D eigenvalue weighted by Crippen LogP contribution is 2.28. The van der Waals surface area contributed by atoms with Gasteiger partial charge in [-0.15, -0.1) is 0 Å². The fourth-order valence-corrected chi connectivity index (χ4v) is 2.59. The maximum absolute atomic E-state index is 5.87. The quantitative estimate of drug-likeness (QED) is 0.789. The first-order chi connectivity index (χ1) is 9.33. The largest absolute Gasteiger partial charge is 0.478 e. The van der Waals surface area contributed by atoms with Crippen LogP contribution in [0.5, 0.6) is 5.88 Å². The summed E-state index contributed by atoms with van der Waals surface area (Å²) < 4.78 is 5.51. The number of anilines is 1. The van der Waals surface area contributed by atoms with Crippen LogP contribution in [0.3, 0.4) is 0 Å². The van der Waals surface area contributed by atoms with Crippen LogP contribution in [0.4, 0.5) is 5.95 Å². The number of nitrogens with zero attached hydrogens (tertiary/aromatic N) is 2. The summed E-state index contributed by atoms with van der Waals surface area (Å²) in [6.07, 6.45) is 7.82. The van der Waals surface area contributed by atoms with Crippen LogP contribution < -0.4 is 15.8 Å². The monoisotopic (exact) mass is 264 g/mol. The van der Waals surface area contributed by atoms with Crippen molar-refractivity contribution in [2.24, 2.45) is 11.7 Å². The highest BCUT2D eigenvalue weighted by atomic mass is 16.5. The zero-order valence-corrected chi connectivity index (χ0v) is 11.6. The van der Waals surface area contributed by atoms with Crippen molar-refractivity contribution in [2.45, 2.75) is 45.1 Å². The second kappa shape index (κ2) is 7.28. The summed E-state index contributed by atoms with van der Waals surface area (Å²) >= 11 is 0. The van der Waals surface area contributed by atoms with Crippen LogP contribution in [0.2, 0.25) is 0 Å². The van der Waals surface area contributed by atoms with E-state index in [1.165, 1.54) is 25.7 Å². The molecule has 19 heavy (non-hydrogen) atoms. The lowest BCUT2D eigenvalue weighted by atomic mass is 9.98. The minimum atomic E-state index is 0.268. The van der Waals surface area contributed by atoms with Crippen LogP contribution in [-0.2, 0) is 0 Å². The van der Waals surface area contributed by atoms with Crippen molar-refractivity contribution in [1.29, 1.82) is 0 Å². The Labute approximate surface area is 115 Å². The van der Waals surface area contributed by atoms with Crippen LogP contribution in [0.25, 0.3) is 0 Å². The molecule has 1 aromatic heterocycles. The maximum atomic E-state index is 5.87. The molecule has 0 radical (unpaired) electrons. The molecule has 0 aliphatic heterocycles. The lowest BCUT2D eigenvalue weighted by Crippen LogP contribution is -2.35. The average Bonchev–Trinajstić information content (AvgIpc) is 2.97. The minimum Gasteiger partial charge on any atom is -0.478 e. The zero-order chi connectivity index (χ0) is 13.5. The lowest BCUT2D eigenvalue weighted by molar-refractivity contribution is 0.305. The molecule has 0 amide bonds. The normalized spacial score (nSPS) is 17.4. The van der Waals surface area contributed by atoms with Crippen LogP contribution in [0.15, 0.2) is 12.3 Å². The summed E-state index contributed by atoms with van der Waals surface area (Å²) in [4.78, 5) is 8.62. The molecule has 1 aliphatic rings. The third-order valence-corrected chi connectivity index (χ3v) is 3.62. The molecule has 0 saturated heterocycles. The fraction of sp³-hybridized carbons (Fsp3) is 0.714. The first kappa shape index (κ1) is 14.1. The van der Waals surface area contributed by atoms with Crippen molar-refractivity contribution >= 4 is 5.95 Å². The minimum absolute atomic E-state index is 0.268. The molecular weight excluding hydrogens is 240 g/mol. The van der Waals surface area contributed by atoms with E-state index in [2.05, 4.69) is 22.2 Å². The molecule has 1 heterocycles. The van der Waals surface area contributed by atoms with Crippen molar-refractivity contribution < 1.29 is 4.74 Å². The summed E-state index contributed by atoms with van der Waals surface area (Å²) in [5, 5.41) is 3.36. The molecule has 5 nitrogen and oxygen atoms in total. The Balaban J connectivity index is 1.96. The molecule has 0 spiro atoms. The van der Waals surface area contributed by atoms with Gasteiger partial charge in [-0.05, 0) is 25.2 Å². The third-order valence-electron chi connectivity index (χ3n) is 3.62. The molecule has 1 fully saturated rings. The molecule has 1 saturated carbocycles. The number of hydrogen-bond donors (Lipinski definition) is 2. The molecule has 5 heteroatoms. The number of nitrogens with two attached hydrogens (primary N) is 1. The highest BCUT2D eigenvalue weighted by molar-refractivity contribution is 5.29. The van der Waals surface area contributed by atoms with Gasteiger partial charge >= 0.3 is 0 Å². The Morgan fingerprint density at radius 1 is 1.47 bits per heavy atom. The third kappa shape index (κ3) is 4.06. The second-order valence-electron chi connectivity index (χ2n) is 5.10. The molecular formula is C14H24N4O. The Bertz CT molecular complexity index is 379. The molecule has 106 valence electrons. The van der Waals surface area contributed by atoms with Crippen LogP contribution >= 0.6 is 0 Å². The summed E-state index contributed by atoms with van der Waals surface area (Å²) in [6.45, 7) is 3.37. The van der Waals surface area contributed by atoms with Gasteiger partial charge in [0.2, 0.25) is 11.8 Å². The Morgan fingerprint density at radius 3 is 2.95 bits per heavy atom. The predicted molar refractivity (Wildman–Crippen MR) is 76.2 cm³/mol.